The predicted octanol–water partition coefficient (Wildman–Crippen LogP) is 3.12. The summed E-state index contributed by atoms with van der Waals surface area (Å²) in [5, 5.41) is 12.7. The van der Waals surface area contributed by atoms with Gasteiger partial charge in [-0.15, -0.1) is 0 Å². The Labute approximate surface area is 104 Å². The molecule has 0 spiro atoms. The molecule has 0 aliphatic heterocycles. The highest BCUT2D eigenvalue weighted by molar-refractivity contribution is 6.42. The van der Waals surface area contributed by atoms with Crippen molar-refractivity contribution in [2.75, 3.05) is 0 Å². The minimum Gasteiger partial charge on any atom is -0.480 e. The molecule has 2 N–H and O–H groups in total. The zero-order chi connectivity index (χ0) is 12.3. The Morgan fingerprint density at radius 1 is 1.38 bits per heavy atom. The SMILES string of the molecule is CC(C)NC(C(=O)O)c1cccc(Cl)c1Cl. The van der Waals surface area contributed by atoms with Crippen molar-refractivity contribution in [3.8, 4) is 0 Å². The highest BCUT2D eigenvalue weighted by Gasteiger charge is 2.23. The fourth-order valence-electron chi connectivity index (χ4n) is 1.37. The standard InChI is InChI=1S/C11H13Cl2NO2/c1-6(2)14-10(11(15)16)7-4-3-5-8(12)9(7)13/h3-6,10,14H,1-2H3,(H,15,16). The molecule has 0 saturated carbocycles. The van der Waals surface area contributed by atoms with Crippen LogP contribution in [0, 0.1) is 0 Å². The highest BCUT2D eigenvalue weighted by Crippen LogP contribution is 2.30. The number of hydrogen-bond donors (Lipinski definition) is 2. The number of carboxylic acid groups (broad SMARTS) is 1. The molecule has 0 fully saturated rings. The van der Waals surface area contributed by atoms with E-state index in [2.05, 4.69) is 5.32 Å². The van der Waals surface area contributed by atoms with Gasteiger partial charge in [-0.1, -0.05) is 35.3 Å². The average molecular weight is 262 g/mol. The number of halogens is 2. The van der Waals surface area contributed by atoms with E-state index in [1.54, 1.807) is 18.2 Å². The van der Waals surface area contributed by atoms with Gasteiger partial charge >= 0.3 is 5.97 Å². The number of carboxylic acids is 1. The van der Waals surface area contributed by atoms with Gasteiger partial charge in [-0.2, -0.15) is 0 Å². The van der Waals surface area contributed by atoms with Crippen molar-refractivity contribution in [2.45, 2.75) is 25.9 Å². The number of benzene rings is 1. The van der Waals surface area contributed by atoms with Crippen molar-refractivity contribution in [2.24, 2.45) is 0 Å². The lowest BCUT2D eigenvalue weighted by molar-refractivity contribution is -0.139. The van der Waals surface area contributed by atoms with Crippen molar-refractivity contribution in [3.63, 3.8) is 0 Å². The molecule has 16 heavy (non-hydrogen) atoms. The van der Waals surface area contributed by atoms with Crippen molar-refractivity contribution < 1.29 is 9.90 Å². The van der Waals surface area contributed by atoms with Crippen LogP contribution < -0.4 is 5.32 Å². The van der Waals surface area contributed by atoms with E-state index < -0.39 is 12.0 Å². The normalized spacial score (nSPS) is 12.8. The molecule has 0 saturated heterocycles. The fraction of sp³-hybridized carbons (Fsp3) is 0.364. The van der Waals surface area contributed by atoms with Gasteiger partial charge < -0.3 is 5.11 Å². The fourth-order valence-corrected chi connectivity index (χ4v) is 1.79. The third-order valence-corrected chi connectivity index (χ3v) is 2.87. The maximum Gasteiger partial charge on any atom is 0.325 e. The molecule has 0 amide bonds. The Balaban J connectivity index is 3.11. The minimum atomic E-state index is -0.974. The molecule has 1 rings (SSSR count). The van der Waals surface area contributed by atoms with Crippen molar-refractivity contribution in [1.29, 1.82) is 0 Å². The topological polar surface area (TPSA) is 49.3 Å². The summed E-state index contributed by atoms with van der Waals surface area (Å²) in [4.78, 5) is 11.1. The number of nitrogens with one attached hydrogen (secondary N) is 1. The van der Waals surface area contributed by atoms with Crippen LogP contribution in [0.3, 0.4) is 0 Å². The molecular formula is C11H13Cl2NO2. The molecule has 0 aromatic heterocycles. The first-order valence-corrected chi connectivity index (χ1v) is 5.62. The molecule has 0 radical (unpaired) electrons. The summed E-state index contributed by atoms with van der Waals surface area (Å²) in [5.74, 6) is -0.974. The van der Waals surface area contributed by atoms with Gasteiger partial charge in [0.1, 0.15) is 6.04 Å². The zero-order valence-corrected chi connectivity index (χ0v) is 10.5. The van der Waals surface area contributed by atoms with Crippen LogP contribution >= 0.6 is 23.2 Å². The van der Waals surface area contributed by atoms with E-state index in [9.17, 15) is 4.79 Å². The van der Waals surface area contributed by atoms with Gasteiger partial charge in [0.25, 0.3) is 0 Å². The highest BCUT2D eigenvalue weighted by atomic mass is 35.5. The summed E-state index contributed by atoms with van der Waals surface area (Å²) in [5.41, 5.74) is 0.482. The molecule has 1 aromatic rings. The van der Waals surface area contributed by atoms with Crippen LogP contribution in [0.25, 0.3) is 0 Å². The summed E-state index contributed by atoms with van der Waals surface area (Å²) < 4.78 is 0. The molecule has 5 heteroatoms. The van der Waals surface area contributed by atoms with E-state index in [0.29, 0.717) is 10.6 Å². The van der Waals surface area contributed by atoms with E-state index in [4.69, 9.17) is 28.3 Å². The van der Waals surface area contributed by atoms with Crippen molar-refractivity contribution in [3.05, 3.63) is 33.8 Å². The molecule has 1 aromatic carbocycles. The van der Waals surface area contributed by atoms with Crippen LogP contribution in [0.15, 0.2) is 18.2 Å². The molecule has 0 heterocycles. The second-order valence-electron chi connectivity index (χ2n) is 3.74. The molecule has 0 aliphatic carbocycles. The van der Waals surface area contributed by atoms with Gasteiger partial charge in [0, 0.05) is 11.6 Å². The summed E-state index contributed by atoms with van der Waals surface area (Å²) >= 11 is 11.8. The zero-order valence-electron chi connectivity index (χ0n) is 9.00. The van der Waals surface area contributed by atoms with Gasteiger partial charge in [0.05, 0.1) is 10.0 Å². The lowest BCUT2D eigenvalue weighted by Crippen LogP contribution is -2.33. The quantitative estimate of drug-likeness (QED) is 0.876. The van der Waals surface area contributed by atoms with E-state index in [-0.39, 0.29) is 11.1 Å². The van der Waals surface area contributed by atoms with Gasteiger partial charge in [-0.3, -0.25) is 10.1 Å². The molecule has 0 bridgehead atoms. The monoisotopic (exact) mass is 261 g/mol. The maximum absolute atomic E-state index is 11.1. The lowest BCUT2D eigenvalue weighted by Gasteiger charge is -2.19. The molecule has 1 atom stereocenters. The minimum absolute atomic E-state index is 0.0381. The summed E-state index contributed by atoms with van der Waals surface area (Å²) in [6.45, 7) is 3.74. The van der Waals surface area contributed by atoms with Crippen LogP contribution in [0.2, 0.25) is 10.0 Å². The first kappa shape index (κ1) is 13.3. The van der Waals surface area contributed by atoms with Crippen LogP contribution in [0.1, 0.15) is 25.5 Å². The van der Waals surface area contributed by atoms with Crippen molar-refractivity contribution in [1.82, 2.24) is 5.32 Å². The summed E-state index contributed by atoms with van der Waals surface area (Å²) in [6.07, 6.45) is 0. The largest absolute Gasteiger partial charge is 0.480 e. The molecule has 3 nitrogen and oxygen atoms in total. The van der Waals surface area contributed by atoms with E-state index in [0.717, 1.165) is 0 Å². The second kappa shape index (κ2) is 5.53. The van der Waals surface area contributed by atoms with Crippen molar-refractivity contribution >= 4 is 29.2 Å². The smallest absolute Gasteiger partial charge is 0.325 e. The van der Waals surface area contributed by atoms with E-state index in [1.807, 2.05) is 13.8 Å². The first-order valence-electron chi connectivity index (χ1n) is 4.86. The third kappa shape index (κ3) is 3.11. The molecular weight excluding hydrogens is 249 g/mol. The Morgan fingerprint density at radius 2 is 2.00 bits per heavy atom. The molecule has 0 aliphatic rings. The molecule has 1 unspecified atom stereocenters. The summed E-state index contributed by atoms with van der Waals surface area (Å²) in [6, 6.07) is 4.16. The van der Waals surface area contributed by atoms with Crippen LogP contribution in [0.5, 0.6) is 0 Å². The lowest BCUT2D eigenvalue weighted by atomic mass is 10.1. The Hall–Kier alpha value is -0.770. The first-order chi connectivity index (χ1) is 7.43. The third-order valence-electron chi connectivity index (χ3n) is 2.04. The Bertz CT molecular complexity index is 394. The van der Waals surface area contributed by atoms with Crippen LogP contribution in [0.4, 0.5) is 0 Å². The summed E-state index contributed by atoms with van der Waals surface area (Å²) in [7, 11) is 0. The van der Waals surface area contributed by atoms with Gasteiger partial charge in [-0.05, 0) is 19.9 Å². The Kier molecular flexibility index (Phi) is 4.59. The number of aliphatic carboxylic acids is 1. The maximum atomic E-state index is 11.1. The van der Waals surface area contributed by atoms with Crippen LogP contribution in [-0.4, -0.2) is 17.1 Å². The van der Waals surface area contributed by atoms with Gasteiger partial charge in [-0.25, -0.2) is 0 Å². The van der Waals surface area contributed by atoms with Crippen LogP contribution in [-0.2, 0) is 4.79 Å². The molecule has 88 valence electrons. The number of rotatable bonds is 4. The average Bonchev–Trinajstić information content (AvgIpc) is 2.18. The van der Waals surface area contributed by atoms with Gasteiger partial charge in [0.15, 0.2) is 0 Å². The number of carbonyl (C=O) groups is 1. The van der Waals surface area contributed by atoms with E-state index in [1.165, 1.54) is 0 Å². The van der Waals surface area contributed by atoms with Gasteiger partial charge in [0.2, 0.25) is 0 Å². The predicted molar refractivity (Wildman–Crippen MR) is 65.1 cm³/mol. The number of hydrogen-bond acceptors (Lipinski definition) is 2. The van der Waals surface area contributed by atoms with E-state index >= 15 is 0 Å². The Morgan fingerprint density at radius 3 is 2.50 bits per heavy atom. The second-order valence-corrected chi connectivity index (χ2v) is 4.52.